The summed E-state index contributed by atoms with van der Waals surface area (Å²) in [6.07, 6.45) is 18.4. The van der Waals surface area contributed by atoms with Gasteiger partial charge < -0.3 is 0 Å². The van der Waals surface area contributed by atoms with Crippen molar-refractivity contribution in [2.24, 2.45) is 0 Å². The first-order valence-corrected chi connectivity index (χ1v) is 9.53. The van der Waals surface area contributed by atoms with Crippen LogP contribution in [0.3, 0.4) is 0 Å². The highest BCUT2D eigenvalue weighted by Crippen LogP contribution is 2.39. The summed E-state index contributed by atoms with van der Waals surface area (Å²) >= 11 is 0. The quantitative estimate of drug-likeness (QED) is 0.520. The standard InChI is InChI=1S/C26H24/c1-5-13-21(14-6-1)25(22-15-7-2-8-16-22)26(23-17-9-3-10-18-23)24-19-11-4-12-20-24/h1,3,5-7,9-11,13-20H,2,4,8,12H2/b26-25-. The monoisotopic (exact) mass is 336 g/mol. The van der Waals surface area contributed by atoms with Crippen LogP contribution in [0, 0.1) is 0 Å². The van der Waals surface area contributed by atoms with Gasteiger partial charge in [-0.15, -0.1) is 0 Å². The van der Waals surface area contributed by atoms with Gasteiger partial charge in [-0.2, -0.15) is 0 Å². The van der Waals surface area contributed by atoms with Crippen LogP contribution in [0.25, 0.3) is 11.1 Å². The predicted molar refractivity (Wildman–Crippen MR) is 113 cm³/mol. The molecule has 2 aromatic carbocycles. The Kier molecular flexibility index (Phi) is 5.12. The molecule has 2 aliphatic rings. The Morgan fingerprint density at radius 2 is 0.923 bits per heavy atom. The minimum Gasteiger partial charge on any atom is -0.0836 e. The van der Waals surface area contributed by atoms with Crippen LogP contribution in [0.2, 0.25) is 0 Å². The summed E-state index contributed by atoms with van der Waals surface area (Å²) in [5.74, 6) is 0. The lowest BCUT2D eigenvalue weighted by atomic mass is 9.82. The highest BCUT2D eigenvalue weighted by molar-refractivity contribution is 6.06. The third-order valence-electron chi connectivity index (χ3n) is 4.94. The number of hydrogen-bond acceptors (Lipinski definition) is 0. The largest absolute Gasteiger partial charge is 0.0836 e. The highest BCUT2D eigenvalue weighted by Gasteiger charge is 2.18. The van der Waals surface area contributed by atoms with Gasteiger partial charge in [0.25, 0.3) is 0 Å². The lowest BCUT2D eigenvalue weighted by molar-refractivity contribution is 1.02. The molecular formula is C26H24. The molecule has 0 aromatic heterocycles. The summed E-state index contributed by atoms with van der Waals surface area (Å²) < 4.78 is 0. The molecule has 128 valence electrons. The maximum atomic E-state index is 2.39. The molecule has 4 rings (SSSR count). The van der Waals surface area contributed by atoms with E-state index in [1.807, 2.05) is 0 Å². The van der Waals surface area contributed by atoms with Gasteiger partial charge in [-0.1, -0.05) is 97.1 Å². The molecule has 0 bridgehead atoms. The molecule has 0 heteroatoms. The van der Waals surface area contributed by atoms with Crippen molar-refractivity contribution >= 4 is 11.1 Å². The zero-order valence-corrected chi connectivity index (χ0v) is 15.1. The molecule has 0 atom stereocenters. The molecule has 2 aromatic rings. The van der Waals surface area contributed by atoms with Crippen molar-refractivity contribution in [3.05, 3.63) is 119 Å². The molecule has 0 amide bonds. The van der Waals surface area contributed by atoms with Crippen LogP contribution < -0.4 is 0 Å². The molecule has 0 saturated carbocycles. The van der Waals surface area contributed by atoms with E-state index >= 15 is 0 Å². The molecule has 2 aliphatic carbocycles. The van der Waals surface area contributed by atoms with E-state index in [-0.39, 0.29) is 0 Å². The van der Waals surface area contributed by atoms with Crippen LogP contribution in [0.15, 0.2) is 108 Å². The number of benzene rings is 2. The van der Waals surface area contributed by atoms with Crippen LogP contribution in [-0.2, 0) is 0 Å². The summed E-state index contributed by atoms with van der Waals surface area (Å²) in [5.41, 5.74) is 7.91. The van der Waals surface area contributed by atoms with Gasteiger partial charge in [-0.05, 0) is 59.1 Å². The van der Waals surface area contributed by atoms with E-state index in [0.29, 0.717) is 0 Å². The van der Waals surface area contributed by atoms with Gasteiger partial charge in [-0.3, -0.25) is 0 Å². The van der Waals surface area contributed by atoms with Crippen molar-refractivity contribution in [1.29, 1.82) is 0 Å². The van der Waals surface area contributed by atoms with E-state index in [1.165, 1.54) is 33.4 Å². The summed E-state index contributed by atoms with van der Waals surface area (Å²) in [6, 6.07) is 21.6. The fourth-order valence-corrected chi connectivity index (χ4v) is 3.72. The summed E-state index contributed by atoms with van der Waals surface area (Å²) in [4.78, 5) is 0. The molecule has 0 radical (unpaired) electrons. The highest BCUT2D eigenvalue weighted by atomic mass is 14.2. The molecule has 0 saturated heterocycles. The van der Waals surface area contributed by atoms with Crippen LogP contribution in [-0.4, -0.2) is 0 Å². The number of rotatable bonds is 4. The van der Waals surface area contributed by atoms with Crippen molar-refractivity contribution in [2.75, 3.05) is 0 Å². The second kappa shape index (κ2) is 8.01. The van der Waals surface area contributed by atoms with Crippen molar-refractivity contribution in [2.45, 2.75) is 25.7 Å². The lowest BCUT2D eigenvalue weighted by Gasteiger charge is -2.21. The summed E-state index contributed by atoms with van der Waals surface area (Å²) in [6.45, 7) is 0. The van der Waals surface area contributed by atoms with E-state index in [0.717, 1.165) is 25.7 Å². The SMILES string of the molecule is C1=CC(/C(=C(\C2=CCCC=C2)c2ccccc2)c2ccccc2)=CCC1. The van der Waals surface area contributed by atoms with Crippen LogP contribution in [0.4, 0.5) is 0 Å². The normalized spacial score (nSPS) is 17.4. The third kappa shape index (κ3) is 3.55. The first-order chi connectivity index (χ1) is 12.9. The predicted octanol–water partition coefficient (Wildman–Crippen LogP) is 7.15. The maximum absolute atomic E-state index is 2.39. The Labute approximate surface area is 156 Å². The van der Waals surface area contributed by atoms with Gasteiger partial charge in [0, 0.05) is 0 Å². The topological polar surface area (TPSA) is 0 Å². The zero-order valence-electron chi connectivity index (χ0n) is 15.1. The van der Waals surface area contributed by atoms with Gasteiger partial charge >= 0.3 is 0 Å². The Bertz CT molecular complexity index is 826. The fourth-order valence-electron chi connectivity index (χ4n) is 3.72. The zero-order chi connectivity index (χ0) is 17.6. The third-order valence-corrected chi connectivity index (χ3v) is 4.94. The van der Waals surface area contributed by atoms with Crippen LogP contribution in [0.1, 0.15) is 36.8 Å². The van der Waals surface area contributed by atoms with Crippen LogP contribution in [0.5, 0.6) is 0 Å². The summed E-state index contributed by atoms with van der Waals surface area (Å²) in [5, 5.41) is 0. The molecular weight excluding hydrogens is 312 g/mol. The van der Waals surface area contributed by atoms with Gasteiger partial charge in [-0.25, -0.2) is 0 Å². The maximum Gasteiger partial charge on any atom is -0.00302 e. The van der Waals surface area contributed by atoms with Crippen molar-refractivity contribution in [3.63, 3.8) is 0 Å². The second-order valence-electron chi connectivity index (χ2n) is 6.76. The number of hydrogen-bond donors (Lipinski definition) is 0. The molecule has 0 nitrogen and oxygen atoms in total. The van der Waals surface area contributed by atoms with E-state index < -0.39 is 0 Å². The van der Waals surface area contributed by atoms with Crippen LogP contribution >= 0.6 is 0 Å². The fraction of sp³-hybridized carbons (Fsp3) is 0.154. The molecule has 0 heterocycles. The van der Waals surface area contributed by atoms with E-state index in [9.17, 15) is 0 Å². The van der Waals surface area contributed by atoms with E-state index in [4.69, 9.17) is 0 Å². The van der Waals surface area contributed by atoms with Gasteiger partial charge in [0.1, 0.15) is 0 Å². The second-order valence-corrected chi connectivity index (χ2v) is 6.76. The summed E-state index contributed by atoms with van der Waals surface area (Å²) in [7, 11) is 0. The first-order valence-electron chi connectivity index (χ1n) is 9.53. The minimum atomic E-state index is 1.11. The molecule has 0 N–H and O–H groups in total. The Hall–Kier alpha value is -2.86. The molecule has 0 spiro atoms. The van der Waals surface area contributed by atoms with Crippen molar-refractivity contribution < 1.29 is 0 Å². The van der Waals surface area contributed by atoms with Crippen molar-refractivity contribution in [3.8, 4) is 0 Å². The molecule has 0 fully saturated rings. The van der Waals surface area contributed by atoms with Gasteiger partial charge in [0.2, 0.25) is 0 Å². The number of allylic oxidation sites excluding steroid dienone is 10. The molecule has 0 aliphatic heterocycles. The molecule has 0 unspecified atom stereocenters. The average Bonchev–Trinajstić information content (AvgIpc) is 2.74. The Morgan fingerprint density at radius 3 is 1.27 bits per heavy atom. The first kappa shape index (κ1) is 16.6. The van der Waals surface area contributed by atoms with Gasteiger partial charge in [0.15, 0.2) is 0 Å². The lowest BCUT2D eigenvalue weighted by Crippen LogP contribution is -2.00. The molecule has 26 heavy (non-hydrogen) atoms. The van der Waals surface area contributed by atoms with Gasteiger partial charge in [0.05, 0.1) is 0 Å². The van der Waals surface area contributed by atoms with E-state index in [1.54, 1.807) is 0 Å². The Balaban J connectivity index is 2.01. The van der Waals surface area contributed by atoms with Crippen molar-refractivity contribution in [1.82, 2.24) is 0 Å². The minimum absolute atomic E-state index is 1.11. The van der Waals surface area contributed by atoms with E-state index in [2.05, 4.69) is 97.1 Å². The average molecular weight is 336 g/mol. The Morgan fingerprint density at radius 1 is 0.500 bits per heavy atom. The smallest absolute Gasteiger partial charge is 0.00302 e.